The molecule has 0 fully saturated rings. The number of hydrogen-bond donors (Lipinski definition) is 0. The Hall–Kier alpha value is -1.54. The van der Waals surface area contributed by atoms with E-state index in [2.05, 4.69) is 22.2 Å². The van der Waals surface area contributed by atoms with E-state index in [0.29, 0.717) is 0 Å². The topological polar surface area (TPSA) is 15.6 Å². The first-order chi connectivity index (χ1) is 7.83. The molecule has 0 radical (unpaired) electrons. The van der Waals surface area contributed by atoms with Gasteiger partial charge in [0.15, 0.2) is 0 Å². The highest BCUT2D eigenvalue weighted by molar-refractivity contribution is 6.30. The summed E-state index contributed by atoms with van der Waals surface area (Å²) in [5.41, 5.74) is 2.25. The van der Waals surface area contributed by atoms with Crippen LogP contribution in [0.25, 0.3) is 0 Å². The molecule has 0 unspecified atom stereocenters. The maximum absolute atomic E-state index is 5.99. The fourth-order valence-corrected chi connectivity index (χ4v) is 2.14. The smallest absolute Gasteiger partial charge is 0.133 e. The molecule has 0 spiro atoms. The first-order valence-corrected chi connectivity index (χ1v) is 5.69. The van der Waals surface area contributed by atoms with Crippen molar-refractivity contribution in [2.45, 2.75) is 6.42 Å². The standard InChI is InChI=1S/C13H11ClN2/c14-11-5-4-10-6-8-16-7-2-1-3-13(16)15-12(10)9-11/h1-5,7,9H,6,8H2. The Balaban J connectivity index is 2.10. The molecule has 0 atom stereocenters. The van der Waals surface area contributed by atoms with Crippen molar-refractivity contribution in [3.8, 4) is 0 Å². The zero-order valence-corrected chi connectivity index (χ0v) is 9.48. The Kier molecular flexibility index (Phi) is 2.29. The zero-order chi connectivity index (χ0) is 11.0. The monoisotopic (exact) mass is 230 g/mol. The van der Waals surface area contributed by atoms with Crippen LogP contribution in [0.1, 0.15) is 5.56 Å². The third kappa shape index (κ3) is 1.65. The Bertz CT molecular complexity index is 515. The number of halogens is 1. The van der Waals surface area contributed by atoms with Crippen molar-refractivity contribution in [3.05, 3.63) is 53.2 Å². The summed E-state index contributed by atoms with van der Waals surface area (Å²) in [6, 6.07) is 5.92. The molecular weight excluding hydrogens is 220 g/mol. The second-order valence-electron chi connectivity index (χ2n) is 3.89. The summed E-state index contributed by atoms with van der Waals surface area (Å²) in [6.07, 6.45) is 9.12. The summed E-state index contributed by atoms with van der Waals surface area (Å²) >= 11 is 5.99. The molecule has 80 valence electrons. The van der Waals surface area contributed by atoms with Gasteiger partial charge in [0.25, 0.3) is 0 Å². The quantitative estimate of drug-likeness (QED) is 0.668. The largest absolute Gasteiger partial charge is 0.333 e. The van der Waals surface area contributed by atoms with Gasteiger partial charge < -0.3 is 4.90 Å². The van der Waals surface area contributed by atoms with E-state index in [-0.39, 0.29) is 0 Å². The van der Waals surface area contributed by atoms with Crippen LogP contribution in [0.2, 0.25) is 5.02 Å². The summed E-state index contributed by atoms with van der Waals surface area (Å²) in [4.78, 5) is 6.80. The molecule has 1 aromatic carbocycles. The summed E-state index contributed by atoms with van der Waals surface area (Å²) < 4.78 is 0. The minimum atomic E-state index is 0.742. The van der Waals surface area contributed by atoms with Crippen LogP contribution >= 0.6 is 11.6 Å². The van der Waals surface area contributed by atoms with Crippen LogP contribution in [-0.4, -0.2) is 17.3 Å². The molecule has 0 saturated heterocycles. The lowest BCUT2D eigenvalue weighted by Gasteiger charge is -2.19. The van der Waals surface area contributed by atoms with Crippen molar-refractivity contribution < 1.29 is 0 Å². The number of rotatable bonds is 0. The van der Waals surface area contributed by atoms with Gasteiger partial charge in [-0.1, -0.05) is 23.7 Å². The normalized spacial score (nSPS) is 17.6. The lowest BCUT2D eigenvalue weighted by molar-refractivity contribution is 0.563. The Labute approximate surface area is 99.6 Å². The van der Waals surface area contributed by atoms with E-state index in [9.17, 15) is 0 Å². The number of nitrogens with zero attached hydrogens (tertiary/aromatic N) is 2. The SMILES string of the molecule is Clc1ccc2c(c1)N=C1C=CC=CN1CC2. The van der Waals surface area contributed by atoms with Gasteiger partial charge in [-0.15, -0.1) is 0 Å². The van der Waals surface area contributed by atoms with Gasteiger partial charge in [-0.2, -0.15) is 0 Å². The molecule has 0 N–H and O–H groups in total. The predicted octanol–water partition coefficient (Wildman–Crippen LogP) is 3.31. The molecule has 2 nitrogen and oxygen atoms in total. The summed E-state index contributed by atoms with van der Waals surface area (Å²) in [6.45, 7) is 0.967. The van der Waals surface area contributed by atoms with E-state index in [1.807, 2.05) is 30.4 Å². The summed E-state index contributed by atoms with van der Waals surface area (Å²) in [7, 11) is 0. The number of amidine groups is 1. The summed E-state index contributed by atoms with van der Waals surface area (Å²) in [5.74, 6) is 0.989. The van der Waals surface area contributed by atoms with Crippen LogP contribution in [0.15, 0.2) is 47.6 Å². The van der Waals surface area contributed by atoms with Gasteiger partial charge in [0.1, 0.15) is 5.84 Å². The van der Waals surface area contributed by atoms with Gasteiger partial charge in [-0.3, -0.25) is 0 Å². The van der Waals surface area contributed by atoms with Crippen molar-refractivity contribution in [2.24, 2.45) is 4.99 Å². The lowest BCUT2D eigenvalue weighted by atomic mass is 10.1. The van der Waals surface area contributed by atoms with Crippen LogP contribution in [0.5, 0.6) is 0 Å². The first kappa shape index (κ1) is 9.67. The minimum Gasteiger partial charge on any atom is -0.333 e. The van der Waals surface area contributed by atoms with Crippen molar-refractivity contribution in [1.29, 1.82) is 0 Å². The molecule has 2 aliphatic heterocycles. The highest BCUT2D eigenvalue weighted by Crippen LogP contribution is 2.27. The molecular formula is C13H11ClN2. The van der Waals surface area contributed by atoms with Crippen LogP contribution in [0.4, 0.5) is 5.69 Å². The molecule has 1 aromatic rings. The number of hydrogen-bond acceptors (Lipinski definition) is 2. The Morgan fingerprint density at radius 2 is 2.19 bits per heavy atom. The number of aliphatic imine (C=N–C) groups is 1. The highest BCUT2D eigenvalue weighted by Gasteiger charge is 2.15. The highest BCUT2D eigenvalue weighted by atomic mass is 35.5. The molecule has 2 heterocycles. The molecule has 3 rings (SSSR count). The second-order valence-corrected chi connectivity index (χ2v) is 4.32. The Morgan fingerprint density at radius 3 is 3.12 bits per heavy atom. The van der Waals surface area contributed by atoms with Gasteiger partial charge in [0.2, 0.25) is 0 Å². The van der Waals surface area contributed by atoms with E-state index in [1.165, 1.54) is 5.56 Å². The van der Waals surface area contributed by atoms with Crippen molar-refractivity contribution >= 4 is 23.1 Å². The average Bonchev–Trinajstić information content (AvgIpc) is 2.47. The number of fused-ring (bicyclic) bond motifs is 2. The van der Waals surface area contributed by atoms with Crippen molar-refractivity contribution in [2.75, 3.05) is 6.54 Å². The average molecular weight is 231 g/mol. The van der Waals surface area contributed by atoms with Crippen LogP contribution in [0, 0.1) is 0 Å². The van der Waals surface area contributed by atoms with Crippen LogP contribution in [-0.2, 0) is 6.42 Å². The molecule has 16 heavy (non-hydrogen) atoms. The second kappa shape index (κ2) is 3.80. The van der Waals surface area contributed by atoms with Gasteiger partial charge in [-0.05, 0) is 36.3 Å². The van der Waals surface area contributed by atoms with E-state index < -0.39 is 0 Å². The molecule has 0 bridgehead atoms. The maximum Gasteiger partial charge on any atom is 0.133 e. The lowest BCUT2D eigenvalue weighted by Crippen LogP contribution is -2.26. The molecule has 0 saturated carbocycles. The van der Waals surface area contributed by atoms with Crippen molar-refractivity contribution in [3.63, 3.8) is 0 Å². The number of allylic oxidation sites excluding steroid dienone is 2. The fourth-order valence-electron chi connectivity index (χ4n) is 1.97. The third-order valence-corrected chi connectivity index (χ3v) is 3.06. The summed E-state index contributed by atoms with van der Waals surface area (Å²) in [5, 5.41) is 0.742. The van der Waals surface area contributed by atoms with Crippen LogP contribution < -0.4 is 0 Å². The predicted molar refractivity (Wildman–Crippen MR) is 67.2 cm³/mol. The van der Waals surface area contributed by atoms with Gasteiger partial charge in [0.05, 0.1) is 5.69 Å². The number of benzene rings is 1. The van der Waals surface area contributed by atoms with Crippen LogP contribution in [0.3, 0.4) is 0 Å². The molecule has 3 heteroatoms. The van der Waals surface area contributed by atoms with Gasteiger partial charge >= 0.3 is 0 Å². The first-order valence-electron chi connectivity index (χ1n) is 5.31. The van der Waals surface area contributed by atoms with E-state index in [1.54, 1.807) is 0 Å². The van der Waals surface area contributed by atoms with E-state index >= 15 is 0 Å². The van der Waals surface area contributed by atoms with Gasteiger partial charge in [-0.25, -0.2) is 4.99 Å². The van der Waals surface area contributed by atoms with E-state index in [0.717, 1.165) is 29.5 Å². The Morgan fingerprint density at radius 1 is 1.25 bits per heavy atom. The molecule has 0 amide bonds. The minimum absolute atomic E-state index is 0.742. The zero-order valence-electron chi connectivity index (χ0n) is 8.73. The molecule has 0 aliphatic carbocycles. The van der Waals surface area contributed by atoms with E-state index in [4.69, 9.17) is 11.6 Å². The molecule has 2 aliphatic rings. The maximum atomic E-state index is 5.99. The van der Waals surface area contributed by atoms with Gasteiger partial charge in [0, 0.05) is 17.8 Å². The fraction of sp³-hybridized carbons (Fsp3) is 0.154. The third-order valence-electron chi connectivity index (χ3n) is 2.82. The van der Waals surface area contributed by atoms with Crippen molar-refractivity contribution in [1.82, 2.24) is 4.90 Å². The molecule has 0 aromatic heterocycles.